The van der Waals surface area contributed by atoms with Gasteiger partial charge in [-0.3, -0.25) is 9.59 Å². The van der Waals surface area contributed by atoms with Crippen LogP contribution in [0.3, 0.4) is 0 Å². The number of hydrogen-bond donors (Lipinski definition) is 2. The Morgan fingerprint density at radius 3 is 2.86 bits per heavy atom. The molecule has 1 unspecified atom stereocenters. The van der Waals surface area contributed by atoms with E-state index in [1.54, 1.807) is 36.2 Å². The lowest BCUT2D eigenvalue weighted by Gasteiger charge is -2.14. The van der Waals surface area contributed by atoms with Crippen LogP contribution in [0.5, 0.6) is 5.75 Å². The van der Waals surface area contributed by atoms with E-state index in [0.717, 1.165) is 0 Å². The summed E-state index contributed by atoms with van der Waals surface area (Å²) in [7, 11) is 1.71. The van der Waals surface area contributed by atoms with E-state index in [-0.39, 0.29) is 23.4 Å². The lowest BCUT2D eigenvalue weighted by Crippen LogP contribution is -2.42. The number of amides is 2. The molecule has 2 amide bonds. The van der Waals surface area contributed by atoms with Crippen molar-refractivity contribution in [1.82, 2.24) is 10.2 Å². The van der Waals surface area contributed by atoms with Crippen LogP contribution in [0.4, 0.5) is 0 Å². The molecule has 6 nitrogen and oxygen atoms in total. The quantitative estimate of drug-likeness (QED) is 0.751. The number of para-hydroxylation sites is 1. The Bertz CT molecular complexity index is 576. The average molecular weight is 307 g/mol. The summed E-state index contributed by atoms with van der Waals surface area (Å²) in [5.74, 6) is 0.0308. The fourth-order valence-electron chi connectivity index (χ4n) is 2.13. The zero-order valence-corrected chi connectivity index (χ0v) is 12.5. The number of carbonyl (C=O) groups is 2. The van der Waals surface area contributed by atoms with Gasteiger partial charge in [0, 0.05) is 13.6 Å². The maximum atomic E-state index is 11.8. The molecule has 7 heteroatoms. The molecular formula is C14H17N3O3S. The van der Waals surface area contributed by atoms with Crippen molar-refractivity contribution in [3.63, 3.8) is 0 Å². The highest BCUT2D eigenvalue weighted by molar-refractivity contribution is 7.80. The van der Waals surface area contributed by atoms with Crippen LogP contribution >= 0.6 is 12.2 Å². The van der Waals surface area contributed by atoms with E-state index in [1.807, 2.05) is 0 Å². The minimum atomic E-state index is -0.461. The van der Waals surface area contributed by atoms with Crippen molar-refractivity contribution >= 4 is 29.0 Å². The monoisotopic (exact) mass is 307 g/mol. The zero-order chi connectivity index (χ0) is 15.4. The van der Waals surface area contributed by atoms with Gasteiger partial charge in [-0.2, -0.15) is 0 Å². The first-order valence-corrected chi connectivity index (χ1v) is 6.96. The Kier molecular flexibility index (Phi) is 4.74. The average Bonchev–Trinajstić information content (AvgIpc) is 2.77. The van der Waals surface area contributed by atoms with Crippen LogP contribution in [-0.4, -0.2) is 47.9 Å². The molecule has 1 aromatic carbocycles. The van der Waals surface area contributed by atoms with Crippen LogP contribution < -0.4 is 15.8 Å². The topological polar surface area (TPSA) is 84.7 Å². The van der Waals surface area contributed by atoms with Crippen LogP contribution in [0.25, 0.3) is 0 Å². The minimum Gasteiger partial charge on any atom is -0.483 e. The second-order valence-electron chi connectivity index (χ2n) is 4.82. The first-order chi connectivity index (χ1) is 9.99. The molecule has 1 atom stereocenters. The fourth-order valence-corrected chi connectivity index (χ4v) is 2.30. The molecule has 0 aliphatic carbocycles. The largest absolute Gasteiger partial charge is 0.483 e. The Labute approximate surface area is 128 Å². The summed E-state index contributed by atoms with van der Waals surface area (Å²) in [5, 5.41) is 2.66. The first kappa shape index (κ1) is 15.2. The molecule has 1 aliphatic heterocycles. The Balaban J connectivity index is 1.90. The molecule has 1 saturated heterocycles. The number of benzene rings is 1. The second-order valence-corrected chi connectivity index (χ2v) is 5.26. The predicted octanol–water partition coefficient (Wildman–Crippen LogP) is 0.0465. The van der Waals surface area contributed by atoms with E-state index < -0.39 is 6.04 Å². The molecule has 0 aromatic heterocycles. The number of nitrogens with zero attached hydrogens (tertiary/aromatic N) is 1. The van der Waals surface area contributed by atoms with Gasteiger partial charge < -0.3 is 20.7 Å². The third kappa shape index (κ3) is 3.69. The van der Waals surface area contributed by atoms with Gasteiger partial charge in [0.1, 0.15) is 16.8 Å². The third-order valence-electron chi connectivity index (χ3n) is 3.27. The van der Waals surface area contributed by atoms with E-state index in [4.69, 9.17) is 22.7 Å². The van der Waals surface area contributed by atoms with Crippen molar-refractivity contribution in [2.75, 3.05) is 20.2 Å². The molecule has 0 spiro atoms. The maximum absolute atomic E-state index is 11.8. The van der Waals surface area contributed by atoms with Crippen LogP contribution in [0, 0.1) is 0 Å². The Morgan fingerprint density at radius 2 is 2.24 bits per heavy atom. The number of ether oxygens (including phenoxy) is 1. The van der Waals surface area contributed by atoms with Crippen LogP contribution in [0.2, 0.25) is 0 Å². The second kappa shape index (κ2) is 6.53. The molecule has 0 saturated carbocycles. The van der Waals surface area contributed by atoms with Crippen LogP contribution in [0.15, 0.2) is 24.3 Å². The number of nitrogens with two attached hydrogens (primary N) is 1. The van der Waals surface area contributed by atoms with Crippen molar-refractivity contribution in [2.24, 2.45) is 5.73 Å². The molecule has 21 heavy (non-hydrogen) atoms. The first-order valence-electron chi connectivity index (χ1n) is 6.55. The Morgan fingerprint density at radius 1 is 1.52 bits per heavy atom. The molecule has 1 aromatic rings. The van der Waals surface area contributed by atoms with Crippen LogP contribution in [0.1, 0.15) is 12.0 Å². The SMILES string of the molecule is CN1CCC(NC(=O)COc2ccccc2C(N)=S)C1=O. The summed E-state index contributed by atoms with van der Waals surface area (Å²) >= 11 is 4.92. The molecule has 2 rings (SSSR count). The van der Waals surface area contributed by atoms with Gasteiger partial charge in [-0.25, -0.2) is 0 Å². The number of thiocarbonyl (C=S) groups is 1. The van der Waals surface area contributed by atoms with E-state index >= 15 is 0 Å². The molecular weight excluding hydrogens is 290 g/mol. The summed E-state index contributed by atoms with van der Waals surface area (Å²) < 4.78 is 5.43. The van der Waals surface area contributed by atoms with Gasteiger partial charge in [0.05, 0.1) is 5.56 Å². The van der Waals surface area contributed by atoms with Crippen molar-refractivity contribution in [1.29, 1.82) is 0 Å². The molecule has 1 aliphatic rings. The number of likely N-dealkylation sites (tertiary alicyclic amines) is 1. The third-order valence-corrected chi connectivity index (χ3v) is 3.49. The molecule has 0 radical (unpaired) electrons. The molecule has 1 fully saturated rings. The van der Waals surface area contributed by atoms with E-state index in [0.29, 0.717) is 24.3 Å². The van der Waals surface area contributed by atoms with Gasteiger partial charge in [-0.05, 0) is 18.6 Å². The summed E-state index contributed by atoms with van der Waals surface area (Å²) in [6, 6.07) is 6.51. The van der Waals surface area contributed by atoms with Gasteiger partial charge in [0.25, 0.3) is 5.91 Å². The highest BCUT2D eigenvalue weighted by Gasteiger charge is 2.30. The number of nitrogens with one attached hydrogen (secondary N) is 1. The van der Waals surface area contributed by atoms with Gasteiger partial charge in [-0.1, -0.05) is 24.4 Å². The van der Waals surface area contributed by atoms with E-state index in [9.17, 15) is 9.59 Å². The molecule has 1 heterocycles. The normalized spacial score (nSPS) is 17.7. The van der Waals surface area contributed by atoms with Gasteiger partial charge in [0.15, 0.2) is 6.61 Å². The van der Waals surface area contributed by atoms with E-state index in [2.05, 4.69) is 5.32 Å². The summed E-state index contributed by atoms with van der Waals surface area (Å²) in [4.78, 5) is 25.3. The van der Waals surface area contributed by atoms with Gasteiger partial charge >= 0.3 is 0 Å². The van der Waals surface area contributed by atoms with Crippen molar-refractivity contribution in [3.8, 4) is 5.75 Å². The molecule has 3 N–H and O–H groups in total. The number of hydrogen-bond acceptors (Lipinski definition) is 4. The van der Waals surface area contributed by atoms with Crippen LogP contribution in [-0.2, 0) is 9.59 Å². The van der Waals surface area contributed by atoms with Gasteiger partial charge in [-0.15, -0.1) is 0 Å². The van der Waals surface area contributed by atoms with E-state index in [1.165, 1.54) is 0 Å². The van der Waals surface area contributed by atoms with Crippen molar-refractivity contribution in [2.45, 2.75) is 12.5 Å². The zero-order valence-electron chi connectivity index (χ0n) is 11.7. The fraction of sp³-hybridized carbons (Fsp3) is 0.357. The Hall–Kier alpha value is -2.15. The predicted molar refractivity (Wildman–Crippen MR) is 82.0 cm³/mol. The number of rotatable bonds is 5. The minimum absolute atomic E-state index is 0.0770. The summed E-state index contributed by atoms with van der Waals surface area (Å²) in [6.45, 7) is 0.460. The smallest absolute Gasteiger partial charge is 0.258 e. The van der Waals surface area contributed by atoms with Crippen molar-refractivity contribution in [3.05, 3.63) is 29.8 Å². The number of likely N-dealkylation sites (N-methyl/N-ethyl adjacent to an activating group) is 1. The standard InChI is InChI=1S/C14H17N3O3S/c1-17-7-6-10(14(17)19)16-12(18)8-20-11-5-3-2-4-9(11)13(15)21/h2-5,10H,6-8H2,1H3,(H2,15,21)(H,16,18). The lowest BCUT2D eigenvalue weighted by atomic mass is 10.2. The van der Waals surface area contributed by atoms with Crippen molar-refractivity contribution < 1.29 is 14.3 Å². The molecule has 112 valence electrons. The lowest BCUT2D eigenvalue weighted by molar-refractivity contribution is -0.132. The highest BCUT2D eigenvalue weighted by atomic mass is 32.1. The summed E-state index contributed by atoms with van der Waals surface area (Å²) in [6.07, 6.45) is 0.616. The number of carbonyl (C=O) groups excluding carboxylic acids is 2. The maximum Gasteiger partial charge on any atom is 0.258 e. The van der Waals surface area contributed by atoms with Gasteiger partial charge in [0.2, 0.25) is 5.91 Å². The highest BCUT2D eigenvalue weighted by Crippen LogP contribution is 2.17. The molecule has 0 bridgehead atoms. The summed E-state index contributed by atoms with van der Waals surface area (Å²) in [5.41, 5.74) is 6.17.